The SMILES string of the molecule is C=C1NC(=O)c2c(sc(C(=O)OCC(=O)NC(C)CCc3ccccc3)c2C)N1. The second kappa shape index (κ2) is 8.91. The molecule has 8 heteroatoms. The molecule has 1 aliphatic heterocycles. The summed E-state index contributed by atoms with van der Waals surface area (Å²) in [7, 11) is 0. The summed E-state index contributed by atoms with van der Waals surface area (Å²) in [4.78, 5) is 36.9. The average Bonchev–Trinajstić information content (AvgIpc) is 3.02. The van der Waals surface area contributed by atoms with Gasteiger partial charge in [-0.25, -0.2) is 4.79 Å². The van der Waals surface area contributed by atoms with E-state index in [0.717, 1.165) is 24.2 Å². The Kier molecular flexibility index (Phi) is 6.33. The third-order valence-corrected chi connectivity index (χ3v) is 5.73. The molecule has 1 atom stereocenters. The van der Waals surface area contributed by atoms with E-state index < -0.39 is 5.97 Å². The van der Waals surface area contributed by atoms with Gasteiger partial charge in [-0.15, -0.1) is 11.3 Å². The first-order chi connectivity index (χ1) is 13.8. The standard InChI is InChI=1S/C21H23N3O4S/c1-12(9-10-15-7-5-4-6-8-15)22-16(25)11-28-21(27)18-13(2)17-19(26)23-14(3)24-20(17)29-18/h4-8,12,24H,3,9-11H2,1-2H3,(H,22,25)(H,23,26). The first kappa shape index (κ1) is 20.6. The van der Waals surface area contributed by atoms with Gasteiger partial charge in [0.2, 0.25) is 0 Å². The van der Waals surface area contributed by atoms with Crippen LogP contribution in [-0.4, -0.2) is 30.4 Å². The van der Waals surface area contributed by atoms with Crippen molar-refractivity contribution < 1.29 is 19.1 Å². The molecule has 0 saturated carbocycles. The molecular weight excluding hydrogens is 390 g/mol. The number of aryl methyl sites for hydroxylation is 1. The number of thiophene rings is 1. The molecule has 2 amide bonds. The highest BCUT2D eigenvalue weighted by Gasteiger charge is 2.29. The van der Waals surface area contributed by atoms with Crippen LogP contribution in [0.2, 0.25) is 0 Å². The average molecular weight is 413 g/mol. The zero-order valence-corrected chi connectivity index (χ0v) is 17.2. The lowest BCUT2D eigenvalue weighted by atomic mass is 10.1. The molecule has 2 heterocycles. The van der Waals surface area contributed by atoms with Crippen LogP contribution in [0, 0.1) is 6.92 Å². The number of anilines is 1. The quantitative estimate of drug-likeness (QED) is 0.607. The number of amides is 2. The molecule has 2 aromatic rings. The highest BCUT2D eigenvalue weighted by atomic mass is 32.1. The van der Waals surface area contributed by atoms with Crippen molar-refractivity contribution >= 4 is 34.1 Å². The van der Waals surface area contributed by atoms with Gasteiger partial charge in [-0.2, -0.15) is 0 Å². The Hall–Kier alpha value is -3.13. The summed E-state index contributed by atoms with van der Waals surface area (Å²) in [6.45, 7) is 6.88. The smallest absolute Gasteiger partial charge is 0.349 e. The number of rotatable bonds is 7. The Bertz CT molecular complexity index is 952. The number of nitrogens with one attached hydrogen (secondary N) is 3. The number of hydrogen-bond donors (Lipinski definition) is 3. The molecule has 3 rings (SSSR count). The number of fused-ring (bicyclic) bond motifs is 1. The molecule has 3 N–H and O–H groups in total. The fourth-order valence-corrected chi connectivity index (χ4v) is 4.17. The van der Waals surface area contributed by atoms with Crippen molar-refractivity contribution in [1.29, 1.82) is 0 Å². The lowest BCUT2D eigenvalue weighted by Gasteiger charge is -2.16. The minimum absolute atomic E-state index is 0.0453. The van der Waals surface area contributed by atoms with Crippen LogP contribution in [0.3, 0.4) is 0 Å². The van der Waals surface area contributed by atoms with E-state index >= 15 is 0 Å². The fourth-order valence-electron chi connectivity index (χ4n) is 3.05. The predicted octanol–water partition coefficient (Wildman–Crippen LogP) is 2.98. The van der Waals surface area contributed by atoms with Crippen LogP contribution >= 0.6 is 11.3 Å². The van der Waals surface area contributed by atoms with E-state index in [4.69, 9.17) is 4.74 Å². The maximum atomic E-state index is 12.4. The molecule has 1 aromatic carbocycles. The number of ether oxygens (including phenoxy) is 1. The van der Waals surface area contributed by atoms with Crippen molar-refractivity contribution in [3.05, 3.63) is 64.3 Å². The molecule has 1 aromatic heterocycles. The van der Waals surface area contributed by atoms with E-state index in [0.29, 0.717) is 21.9 Å². The lowest BCUT2D eigenvalue weighted by Crippen LogP contribution is -2.36. The van der Waals surface area contributed by atoms with Crippen LogP contribution in [0.1, 0.15) is 44.5 Å². The van der Waals surface area contributed by atoms with Crippen LogP contribution in [0.25, 0.3) is 0 Å². The third-order valence-electron chi connectivity index (χ3n) is 4.54. The van der Waals surface area contributed by atoms with Crippen molar-refractivity contribution in [2.24, 2.45) is 0 Å². The molecule has 0 radical (unpaired) electrons. The van der Waals surface area contributed by atoms with Gasteiger partial charge in [0.15, 0.2) is 6.61 Å². The number of hydrogen-bond acceptors (Lipinski definition) is 6. The monoisotopic (exact) mass is 413 g/mol. The Balaban J connectivity index is 1.50. The van der Waals surface area contributed by atoms with E-state index in [2.05, 4.69) is 22.5 Å². The highest BCUT2D eigenvalue weighted by Crippen LogP contribution is 2.36. The van der Waals surface area contributed by atoms with Gasteiger partial charge in [-0.1, -0.05) is 36.9 Å². The summed E-state index contributed by atoms with van der Waals surface area (Å²) in [5, 5.41) is 8.88. The number of carbonyl (C=O) groups excluding carboxylic acids is 3. The zero-order valence-electron chi connectivity index (χ0n) is 16.3. The predicted molar refractivity (Wildman–Crippen MR) is 112 cm³/mol. The van der Waals surface area contributed by atoms with Crippen molar-refractivity contribution in [3.8, 4) is 0 Å². The van der Waals surface area contributed by atoms with Crippen molar-refractivity contribution in [1.82, 2.24) is 10.6 Å². The minimum Gasteiger partial charge on any atom is -0.451 e. The van der Waals surface area contributed by atoms with Gasteiger partial charge in [0.25, 0.3) is 11.8 Å². The Morgan fingerprint density at radius 2 is 1.97 bits per heavy atom. The first-order valence-corrected chi connectivity index (χ1v) is 10.1. The van der Waals surface area contributed by atoms with Crippen molar-refractivity contribution in [2.45, 2.75) is 32.7 Å². The fraction of sp³-hybridized carbons (Fsp3) is 0.286. The van der Waals surface area contributed by atoms with Gasteiger partial charge in [-0.05, 0) is 37.8 Å². The highest BCUT2D eigenvalue weighted by molar-refractivity contribution is 7.18. The molecule has 0 fully saturated rings. The maximum Gasteiger partial charge on any atom is 0.349 e. The summed E-state index contributed by atoms with van der Waals surface area (Å²) in [6, 6.07) is 9.98. The van der Waals surface area contributed by atoms with E-state index in [1.807, 2.05) is 37.3 Å². The molecular formula is C21H23N3O4S. The van der Waals surface area contributed by atoms with Gasteiger partial charge in [0, 0.05) is 6.04 Å². The van der Waals surface area contributed by atoms with Gasteiger partial charge < -0.3 is 20.7 Å². The molecule has 1 unspecified atom stereocenters. The van der Waals surface area contributed by atoms with Gasteiger partial charge in [-0.3, -0.25) is 9.59 Å². The number of benzene rings is 1. The second-order valence-corrected chi connectivity index (χ2v) is 7.91. The third kappa shape index (κ3) is 5.03. The summed E-state index contributed by atoms with van der Waals surface area (Å²) in [5.41, 5.74) is 2.12. The Morgan fingerprint density at radius 1 is 1.24 bits per heavy atom. The van der Waals surface area contributed by atoms with Crippen molar-refractivity contribution in [2.75, 3.05) is 11.9 Å². The normalized spacial score (nSPS) is 13.7. The number of esters is 1. The van der Waals surface area contributed by atoms with Gasteiger partial charge in [0.05, 0.1) is 5.56 Å². The second-order valence-electron chi connectivity index (χ2n) is 6.89. The first-order valence-electron chi connectivity index (χ1n) is 9.26. The Labute approximate surface area is 173 Å². The molecule has 152 valence electrons. The minimum atomic E-state index is -0.630. The molecule has 0 bridgehead atoms. The van der Waals surface area contributed by atoms with E-state index in [1.54, 1.807) is 6.92 Å². The van der Waals surface area contributed by atoms with Crippen molar-refractivity contribution in [3.63, 3.8) is 0 Å². The van der Waals surface area contributed by atoms with Crippen LogP contribution in [0.15, 0.2) is 42.7 Å². The molecule has 7 nitrogen and oxygen atoms in total. The topological polar surface area (TPSA) is 96.5 Å². The summed E-state index contributed by atoms with van der Waals surface area (Å²) in [6.07, 6.45) is 1.63. The van der Waals surface area contributed by atoms with Crippen LogP contribution in [0.4, 0.5) is 5.00 Å². The lowest BCUT2D eigenvalue weighted by molar-refractivity contribution is -0.124. The largest absolute Gasteiger partial charge is 0.451 e. The molecule has 1 aliphatic rings. The van der Waals surface area contributed by atoms with Crippen LogP contribution in [0.5, 0.6) is 0 Å². The molecule has 29 heavy (non-hydrogen) atoms. The summed E-state index contributed by atoms with van der Waals surface area (Å²) in [5.74, 6) is -0.953. The molecule has 0 saturated heterocycles. The molecule has 0 spiro atoms. The van der Waals surface area contributed by atoms with E-state index in [1.165, 1.54) is 5.56 Å². The Morgan fingerprint density at radius 3 is 2.69 bits per heavy atom. The summed E-state index contributed by atoms with van der Waals surface area (Å²) < 4.78 is 5.15. The van der Waals surface area contributed by atoms with E-state index in [-0.39, 0.29) is 29.3 Å². The van der Waals surface area contributed by atoms with E-state index in [9.17, 15) is 14.4 Å². The number of carbonyl (C=O) groups is 3. The van der Waals surface area contributed by atoms with Gasteiger partial charge in [0.1, 0.15) is 15.7 Å². The van der Waals surface area contributed by atoms with Gasteiger partial charge >= 0.3 is 5.97 Å². The van der Waals surface area contributed by atoms with Crippen LogP contribution < -0.4 is 16.0 Å². The van der Waals surface area contributed by atoms with Crippen LogP contribution in [-0.2, 0) is 16.0 Å². The maximum absolute atomic E-state index is 12.4. The molecule has 0 aliphatic carbocycles. The zero-order chi connectivity index (χ0) is 21.0. The summed E-state index contributed by atoms with van der Waals surface area (Å²) >= 11 is 1.11.